The number of anilines is 1. The molecule has 2 saturated heterocycles. The van der Waals surface area contributed by atoms with E-state index in [-0.39, 0.29) is 36.0 Å². The minimum Gasteiger partial charge on any atom is -0.342 e. The maximum Gasteiger partial charge on any atom is 0.228 e. The van der Waals surface area contributed by atoms with Crippen LogP contribution in [0.15, 0.2) is 24.3 Å². The van der Waals surface area contributed by atoms with E-state index < -0.39 is 0 Å². The zero-order valence-corrected chi connectivity index (χ0v) is 12.4. The SMILES string of the molecule is NC1CCN(C(=O)C2CC(=O)N(c3ccc(F)cc3)C2)CC1. The summed E-state index contributed by atoms with van der Waals surface area (Å²) in [6.45, 7) is 1.70. The number of benzene rings is 1. The van der Waals surface area contributed by atoms with Crippen molar-refractivity contribution in [3.05, 3.63) is 30.1 Å². The van der Waals surface area contributed by atoms with Crippen molar-refractivity contribution >= 4 is 17.5 Å². The predicted molar refractivity (Wildman–Crippen MR) is 80.6 cm³/mol. The third kappa shape index (κ3) is 2.97. The zero-order valence-electron chi connectivity index (χ0n) is 12.4. The monoisotopic (exact) mass is 305 g/mol. The van der Waals surface area contributed by atoms with E-state index in [1.54, 1.807) is 17.0 Å². The van der Waals surface area contributed by atoms with Crippen LogP contribution in [-0.2, 0) is 9.59 Å². The Morgan fingerprint density at radius 3 is 2.45 bits per heavy atom. The van der Waals surface area contributed by atoms with Gasteiger partial charge >= 0.3 is 0 Å². The Bertz CT molecular complexity index is 567. The van der Waals surface area contributed by atoms with Gasteiger partial charge in [0.25, 0.3) is 0 Å². The number of hydrogen-bond donors (Lipinski definition) is 1. The molecule has 0 bridgehead atoms. The number of rotatable bonds is 2. The molecule has 6 heteroatoms. The van der Waals surface area contributed by atoms with Crippen LogP contribution in [0.1, 0.15) is 19.3 Å². The standard InChI is InChI=1S/C16H20FN3O2/c17-12-1-3-14(4-2-12)20-10-11(9-15(20)21)16(22)19-7-5-13(18)6-8-19/h1-4,11,13H,5-10,18H2. The number of piperidine rings is 1. The predicted octanol–water partition coefficient (Wildman–Crippen LogP) is 1.13. The molecule has 0 radical (unpaired) electrons. The molecule has 2 fully saturated rings. The number of likely N-dealkylation sites (tertiary alicyclic amines) is 1. The summed E-state index contributed by atoms with van der Waals surface area (Å²) < 4.78 is 13.0. The highest BCUT2D eigenvalue weighted by molar-refractivity contribution is 6.00. The average molecular weight is 305 g/mol. The number of halogens is 1. The molecule has 1 aromatic rings. The molecule has 5 nitrogen and oxygen atoms in total. The van der Waals surface area contributed by atoms with Crippen LogP contribution in [0.25, 0.3) is 0 Å². The summed E-state index contributed by atoms with van der Waals surface area (Å²) >= 11 is 0. The largest absolute Gasteiger partial charge is 0.342 e. The van der Waals surface area contributed by atoms with E-state index >= 15 is 0 Å². The minimum atomic E-state index is -0.340. The summed E-state index contributed by atoms with van der Waals surface area (Å²) in [6.07, 6.45) is 1.85. The molecule has 1 atom stereocenters. The minimum absolute atomic E-state index is 0.0323. The summed E-state index contributed by atoms with van der Waals surface area (Å²) in [7, 11) is 0. The van der Waals surface area contributed by atoms with Crippen LogP contribution >= 0.6 is 0 Å². The van der Waals surface area contributed by atoms with Gasteiger partial charge in [-0.25, -0.2) is 4.39 Å². The number of carbonyl (C=O) groups is 2. The molecule has 1 aromatic carbocycles. The Labute approximate surface area is 128 Å². The van der Waals surface area contributed by atoms with Crippen LogP contribution < -0.4 is 10.6 Å². The molecule has 3 rings (SSSR count). The number of amides is 2. The van der Waals surface area contributed by atoms with Crippen molar-refractivity contribution in [1.82, 2.24) is 4.90 Å². The smallest absolute Gasteiger partial charge is 0.228 e. The zero-order chi connectivity index (χ0) is 15.7. The molecule has 0 aromatic heterocycles. The van der Waals surface area contributed by atoms with Gasteiger partial charge in [0.2, 0.25) is 11.8 Å². The maximum atomic E-state index is 13.0. The lowest BCUT2D eigenvalue weighted by Crippen LogP contribution is -2.45. The molecule has 2 aliphatic rings. The first kappa shape index (κ1) is 15.0. The fourth-order valence-corrected chi connectivity index (χ4v) is 3.12. The van der Waals surface area contributed by atoms with E-state index in [1.165, 1.54) is 12.1 Å². The first-order valence-electron chi connectivity index (χ1n) is 7.65. The van der Waals surface area contributed by atoms with E-state index in [4.69, 9.17) is 5.73 Å². The Balaban J connectivity index is 1.66. The summed E-state index contributed by atoms with van der Waals surface area (Å²) in [5.74, 6) is -0.705. The van der Waals surface area contributed by atoms with Gasteiger partial charge in [0.1, 0.15) is 5.82 Å². The lowest BCUT2D eigenvalue weighted by Gasteiger charge is -2.31. The van der Waals surface area contributed by atoms with E-state index in [0.29, 0.717) is 25.3 Å². The number of hydrogen-bond acceptors (Lipinski definition) is 3. The van der Waals surface area contributed by atoms with Crippen LogP contribution in [-0.4, -0.2) is 42.4 Å². The van der Waals surface area contributed by atoms with Crippen molar-refractivity contribution in [3.63, 3.8) is 0 Å². The Morgan fingerprint density at radius 2 is 1.82 bits per heavy atom. The van der Waals surface area contributed by atoms with E-state index in [9.17, 15) is 14.0 Å². The fraction of sp³-hybridized carbons (Fsp3) is 0.500. The van der Waals surface area contributed by atoms with Gasteiger partial charge in [-0.15, -0.1) is 0 Å². The van der Waals surface area contributed by atoms with Gasteiger partial charge in [-0.05, 0) is 37.1 Å². The molecular weight excluding hydrogens is 285 g/mol. The normalized spacial score (nSPS) is 23.2. The van der Waals surface area contributed by atoms with Crippen molar-refractivity contribution < 1.29 is 14.0 Å². The molecule has 22 heavy (non-hydrogen) atoms. The van der Waals surface area contributed by atoms with E-state index in [2.05, 4.69) is 0 Å². The van der Waals surface area contributed by atoms with E-state index in [1.807, 2.05) is 4.90 Å². The Morgan fingerprint density at radius 1 is 1.18 bits per heavy atom. The topological polar surface area (TPSA) is 66.6 Å². The van der Waals surface area contributed by atoms with Gasteiger partial charge in [-0.2, -0.15) is 0 Å². The average Bonchev–Trinajstić information content (AvgIpc) is 2.90. The molecule has 1 unspecified atom stereocenters. The highest BCUT2D eigenvalue weighted by Crippen LogP contribution is 2.27. The third-order valence-electron chi connectivity index (χ3n) is 4.46. The molecule has 0 saturated carbocycles. The molecule has 2 aliphatic heterocycles. The van der Waals surface area contributed by atoms with Crippen molar-refractivity contribution in [3.8, 4) is 0 Å². The fourth-order valence-electron chi connectivity index (χ4n) is 3.12. The van der Waals surface area contributed by atoms with Gasteiger partial charge in [0.05, 0.1) is 5.92 Å². The van der Waals surface area contributed by atoms with Gasteiger partial charge < -0.3 is 15.5 Å². The van der Waals surface area contributed by atoms with Crippen molar-refractivity contribution in [2.24, 2.45) is 11.7 Å². The number of nitrogens with two attached hydrogens (primary N) is 1. The number of nitrogens with zero attached hydrogens (tertiary/aromatic N) is 2. The second kappa shape index (κ2) is 6.04. The van der Waals surface area contributed by atoms with Crippen molar-refractivity contribution in [2.75, 3.05) is 24.5 Å². The van der Waals surface area contributed by atoms with Crippen molar-refractivity contribution in [1.29, 1.82) is 0 Å². The van der Waals surface area contributed by atoms with Crippen LogP contribution in [0.4, 0.5) is 10.1 Å². The van der Waals surface area contributed by atoms with Crippen molar-refractivity contribution in [2.45, 2.75) is 25.3 Å². The number of carbonyl (C=O) groups excluding carboxylic acids is 2. The van der Waals surface area contributed by atoms with Gasteiger partial charge in [0.15, 0.2) is 0 Å². The molecule has 118 valence electrons. The van der Waals surface area contributed by atoms with Crippen LogP contribution in [0.5, 0.6) is 0 Å². The summed E-state index contributed by atoms with van der Waals surface area (Å²) in [4.78, 5) is 28.1. The van der Waals surface area contributed by atoms with Gasteiger partial charge in [0, 0.05) is 37.8 Å². The highest BCUT2D eigenvalue weighted by atomic mass is 19.1. The quantitative estimate of drug-likeness (QED) is 0.890. The molecule has 2 N–H and O–H groups in total. The van der Waals surface area contributed by atoms with Crippen LogP contribution in [0.2, 0.25) is 0 Å². The molecule has 2 amide bonds. The maximum absolute atomic E-state index is 13.0. The van der Waals surface area contributed by atoms with Crippen LogP contribution in [0.3, 0.4) is 0 Å². The summed E-state index contributed by atoms with van der Waals surface area (Å²) in [5, 5.41) is 0. The van der Waals surface area contributed by atoms with E-state index in [0.717, 1.165) is 12.8 Å². The highest BCUT2D eigenvalue weighted by Gasteiger charge is 2.37. The first-order chi connectivity index (χ1) is 10.5. The van der Waals surface area contributed by atoms with Gasteiger partial charge in [-0.1, -0.05) is 0 Å². The molecule has 2 heterocycles. The second-order valence-corrected chi connectivity index (χ2v) is 6.04. The molecule has 0 spiro atoms. The van der Waals surface area contributed by atoms with Crippen LogP contribution in [0, 0.1) is 11.7 Å². The third-order valence-corrected chi connectivity index (χ3v) is 4.46. The molecular formula is C16H20FN3O2. The first-order valence-corrected chi connectivity index (χ1v) is 7.65. The lowest BCUT2D eigenvalue weighted by atomic mass is 10.0. The summed E-state index contributed by atoms with van der Waals surface area (Å²) in [6, 6.07) is 5.96. The summed E-state index contributed by atoms with van der Waals surface area (Å²) in [5.41, 5.74) is 6.49. The Hall–Kier alpha value is -1.95. The Kier molecular flexibility index (Phi) is 4.11. The second-order valence-electron chi connectivity index (χ2n) is 6.04. The van der Waals surface area contributed by atoms with Gasteiger partial charge in [-0.3, -0.25) is 9.59 Å². The lowest BCUT2D eigenvalue weighted by molar-refractivity contribution is -0.136. The molecule has 0 aliphatic carbocycles.